The summed E-state index contributed by atoms with van der Waals surface area (Å²) >= 11 is 0. The van der Waals surface area contributed by atoms with Gasteiger partial charge in [0, 0.05) is 6.54 Å². The van der Waals surface area contributed by atoms with E-state index >= 15 is 0 Å². The summed E-state index contributed by atoms with van der Waals surface area (Å²) < 4.78 is 0. The van der Waals surface area contributed by atoms with Crippen molar-refractivity contribution in [1.82, 2.24) is 0 Å². The number of phenolic OH excluding ortho intramolecular Hbond substituents is 1. The molecule has 60 valence electrons. The molecule has 2 heteroatoms. The zero-order chi connectivity index (χ0) is 8.43. The van der Waals surface area contributed by atoms with Crippen LogP contribution in [0.4, 0.5) is 0 Å². The van der Waals surface area contributed by atoms with Gasteiger partial charge < -0.3 is 10.8 Å². The lowest BCUT2D eigenvalue weighted by molar-refractivity contribution is 0.470. The van der Waals surface area contributed by atoms with E-state index in [2.05, 4.69) is 0 Å². The summed E-state index contributed by atoms with van der Waals surface area (Å²) in [6, 6.07) is 3.67. The van der Waals surface area contributed by atoms with Crippen LogP contribution >= 0.6 is 0 Å². The molecule has 3 N–H and O–H groups in total. The van der Waals surface area contributed by atoms with Crippen LogP contribution in [0.2, 0.25) is 0 Å². The van der Waals surface area contributed by atoms with Crippen molar-refractivity contribution in [2.24, 2.45) is 5.73 Å². The first-order valence-corrected chi connectivity index (χ1v) is 3.64. The van der Waals surface area contributed by atoms with Gasteiger partial charge in [-0.15, -0.1) is 0 Å². The fourth-order valence-electron chi connectivity index (χ4n) is 1.08. The minimum absolute atomic E-state index is 0.347. The maximum absolute atomic E-state index is 9.28. The van der Waals surface area contributed by atoms with Crippen molar-refractivity contribution in [1.29, 1.82) is 0 Å². The molecule has 0 atom stereocenters. The lowest BCUT2D eigenvalue weighted by Gasteiger charge is -2.05. The number of hydrogen-bond acceptors (Lipinski definition) is 2. The van der Waals surface area contributed by atoms with Crippen LogP contribution in [-0.2, 0) is 6.54 Å². The van der Waals surface area contributed by atoms with Crippen LogP contribution in [0.25, 0.3) is 0 Å². The van der Waals surface area contributed by atoms with Gasteiger partial charge in [0.25, 0.3) is 0 Å². The highest BCUT2D eigenvalue weighted by Crippen LogP contribution is 2.20. The highest BCUT2D eigenvalue weighted by atomic mass is 16.3. The standard InChI is InChI=1S/C9H13NO/c1-6-4-9(11)7(2)3-8(6)5-10/h3-4,11H,5,10H2,1-2H3. The molecule has 1 aromatic carbocycles. The molecule has 1 rings (SSSR count). The molecule has 0 radical (unpaired) electrons. The first kappa shape index (κ1) is 8.08. The predicted octanol–water partition coefficient (Wildman–Crippen LogP) is 1.47. The predicted molar refractivity (Wildman–Crippen MR) is 45.5 cm³/mol. The van der Waals surface area contributed by atoms with Gasteiger partial charge in [0.1, 0.15) is 5.75 Å². The van der Waals surface area contributed by atoms with Gasteiger partial charge in [0.05, 0.1) is 0 Å². The number of benzene rings is 1. The summed E-state index contributed by atoms with van der Waals surface area (Å²) in [6.07, 6.45) is 0. The van der Waals surface area contributed by atoms with Gasteiger partial charge in [-0.3, -0.25) is 0 Å². The normalized spacial score (nSPS) is 10.1. The van der Waals surface area contributed by atoms with E-state index < -0.39 is 0 Å². The second-order valence-corrected chi connectivity index (χ2v) is 2.77. The van der Waals surface area contributed by atoms with Gasteiger partial charge in [-0.2, -0.15) is 0 Å². The molecule has 0 unspecified atom stereocenters. The maximum atomic E-state index is 9.28. The van der Waals surface area contributed by atoms with Crippen molar-refractivity contribution in [3.8, 4) is 5.75 Å². The van der Waals surface area contributed by atoms with E-state index in [9.17, 15) is 5.11 Å². The number of rotatable bonds is 1. The Balaban J connectivity index is 3.21. The minimum Gasteiger partial charge on any atom is -0.508 e. The van der Waals surface area contributed by atoms with E-state index in [1.807, 2.05) is 19.9 Å². The van der Waals surface area contributed by atoms with Crippen LogP contribution in [0.3, 0.4) is 0 Å². The molecule has 0 aliphatic heterocycles. The van der Waals surface area contributed by atoms with Gasteiger partial charge in [-0.1, -0.05) is 6.07 Å². The molecule has 0 aromatic heterocycles. The Morgan fingerprint density at radius 2 is 1.91 bits per heavy atom. The fourth-order valence-corrected chi connectivity index (χ4v) is 1.08. The Morgan fingerprint density at radius 1 is 1.27 bits per heavy atom. The summed E-state index contributed by atoms with van der Waals surface area (Å²) in [4.78, 5) is 0. The average molecular weight is 151 g/mol. The highest BCUT2D eigenvalue weighted by molar-refractivity contribution is 5.40. The molecule has 0 aliphatic carbocycles. The van der Waals surface area contributed by atoms with E-state index in [0.29, 0.717) is 12.3 Å². The van der Waals surface area contributed by atoms with Crippen LogP contribution in [-0.4, -0.2) is 5.11 Å². The SMILES string of the molecule is Cc1cc(CN)c(C)cc1O. The van der Waals surface area contributed by atoms with E-state index in [1.54, 1.807) is 6.07 Å². The van der Waals surface area contributed by atoms with Crippen molar-refractivity contribution in [2.45, 2.75) is 20.4 Å². The maximum Gasteiger partial charge on any atom is 0.118 e. The first-order valence-electron chi connectivity index (χ1n) is 3.64. The van der Waals surface area contributed by atoms with Crippen LogP contribution in [0.5, 0.6) is 5.75 Å². The van der Waals surface area contributed by atoms with Gasteiger partial charge >= 0.3 is 0 Å². The van der Waals surface area contributed by atoms with Gasteiger partial charge in [0.2, 0.25) is 0 Å². The molecule has 0 bridgehead atoms. The van der Waals surface area contributed by atoms with Crippen LogP contribution in [0, 0.1) is 13.8 Å². The zero-order valence-corrected chi connectivity index (χ0v) is 6.89. The Hall–Kier alpha value is -1.02. The molecule has 1 aromatic rings. The molecule has 0 aliphatic rings. The van der Waals surface area contributed by atoms with Crippen LogP contribution in [0.1, 0.15) is 16.7 Å². The summed E-state index contributed by atoms with van der Waals surface area (Å²) in [5.74, 6) is 0.347. The molecular formula is C9H13NO. The topological polar surface area (TPSA) is 46.2 Å². The van der Waals surface area contributed by atoms with Gasteiger partial charge in [0.15, 0.2) is 0 Å². The number of aromatic hydroxyl groups is 1. The lowest BCUT2D eigenvalue weighted by atomic mass is 10.1. The van der Waals surface area contributed by atoms with Crippen molar-refractivity contribution in [3.05, 3.63) is 28.8 Å². The smallest absolute Gasteiger partial charge is 0.118 e. The highest BCUT2D eigenvalue weighted by Gasteiger charge is 2.00. The number of nitrogens with two attached hydrogens (primary N) is 1. The summed E-state index contributed by atoms with van der Waals surface area (Å²) in [7, 11) is 0. The van der Waals surface area contributed by atoms with E-state index in [0.717, 1.165) is 16.7 Å². The molecule has 0 saturated heterocycles. The summed E-state index contributed by atoms with van der Waals surface area (Å²) in [5.41, 5.74) is 8.52. The third-order valence-electron chi connectivity index (χ3n) is 1.87. The van der Waals surface area contributed by atoms with Crippen molar-refractivity contribution < 1.29 is 5.11 Å². The Bertz CT molecular complexity index is 269. The fraction of sp³-hybridized carbons (Fsp3) is 0.333. The zero-order valence-electron chi connectivity index (χ0n) is 6.89. The Morgan fingerprint density at radius 3 is 2.45 bits per heavy atom. The van der Waals surface area contributed by atoms with Gasteiger partial charge in [-0.05, 0) is 36.6 Å². The summed E-state index contributed by atoms with van der Waals surface area (Å²) in [6.45, 7) is 4.35. The lowest BCUT2D eigenvalue weighted by Crippen LogP contribution is -1.99. The molecule has 0 saturated carbocycles. The Kier molecular flexibility index (Phi) is 2.15. The second kappa shape index (κ2) is 2.93. The minimum atomic E-state index is 0.347. The Labute approximate surface area is 66.7 Å². The first-order chi connectivity index (χ1) is 5.15. The molecular weight excluding hydrogens is 138 g/mol. The molecule has 11 heavy (non-hydrogen) atoms. The van der Waals surface area contributed by atoms with Crippen molar-refractivity contribution >= 4 is 0 Å². The summed E-state index contributed by atoms with van der Waals surface area (Å²) in [5, 5.41) is 9.28. The van der Waals surface area contributed by atoms with Gasteiger partial charge in [-0.25, -0.2) is 0 Å². The monoisotopic (exact) mass is 151 g/mol. The molecule has 0 amide bonds. The van der Waals surface area contributed by atoms with E-state index in [-0.39, 0.29) is 0 Å². The quantitative estimate of drug-likeness (QED) is 0.638. The molecule has 2 nitrogen and oxygen atoms in total. The van der Waals surface area contributed by atoms with E-state index in [4.69, 9.17) is 5.73 Å². The molecule has 0 spiro atoms. The second-order valence-electron chi connectivity index (χ2n) is 2.77. The number of hydrogen-bond donors (Lipinski definition) is 2. The van der Waals surface area contributed by atoms with Crippen molar-refractivity contribution in [2.75, 3.05) is 0 Å². The van der Waals surface area contributed by atoms with Crippen LogP contribution in [0.15, 0.2) is 12.1 Å². The molecule has 0 fully saturated rings. The van der Waals surface area contributed by atoms with E-state index in [1.165, 1.54) is 0 Å². The average Bonchev–Trinajstić information content (AvgIpc) is 1.97. The number of phenols is 1. The third-order valence-corrected chi connectivity index (χ3v) is 1.87. The third kappa shape index (κ3) is 1.52. The largest absolute Gasteiger partial charge is 0.508 e. The van der Waals surface area contributed by atoms with Crippen LogP contribution < -0.4 is 5.73 Å². The van der Waals surface area contributed by atoms with Crippen molar-refractivity contribution in [3.63, 3.8) is 0 Å². The number of aryl methyl sites for hydroxylation is 2. The molecule has 0 heterocycles.